The number of piperidine rings is 1. The summed E-state index contributed by atoms with van der Waals surface area (Å²) in [6.45, 7) is 4.47. The molecule has 0 aromatic rings. The van der Waals surface area contributed by atoms with Crippen molar-refractivity contribution in [3.63, 3.8) is 0 Å². The van der Waals surface area contributed by atoms with Crippen LogP contribution in [-0.2, 0) is 9.53 Å². The Hall–Kier alpha value is -0.610. The highest BCUT2D eigenvalue weighted by molar-refractivity contribution is 5.69. The summed E-state index contributed by atoms with van der Waals surface area (Å²) in [7, 11) is 1.46. The number of methoxy groups -OCH3 is 1. The van der Waals surface area contributed by atoms with Crippen LogP contribution >= 0.6 is 0 Å². The number of carbonyl (C=O) groups is 1. The molecule has 2 fully saturated rings. The Morgan fingerprint density at radius 2 is 2.16 bits per heavy atom. The summed E-state index contributed by atoms with van der Waals surface area (Å²) in [4.78, 5) is 13.8. The second-order valence-electron chi connectivity index (χ2n) is 6.36. The molecule has 1 heterocycles. The van der Waals surface area contributed by atoms with Crippen molar-refractivity contribution in [2.75, 3.05) is 20.2 Å². The molecule has 19 heavy (non-hydrogen) atoms. The van der Waals surface area contributed by atoms with Crippen LogP contribution in [0.5, 0.6) is 0 Å². The molecule has 0 spiro atoms. The first-order valence-corrected chi connectivity index (χ1v) is 7.66. The van der Waals surface area contributed by atoms with Gasteiger partial charge in [-0.15, -0.1) is 0 Å². The Labute approximate surface area is 116 Å². The fourth-order valence-corrected chi connectivity index (χ4v) is 3.47. The zero-order valence-corrected chi connectivity index (χ0v) is 12.3. The van der Waals surface area contributed by atoms with Gasteiger partial charge in [0.05, 0.1) is 7.11 Å². The quantitative estimate of drug-likeness (QED) is 0.772. The van der Waals surface area contributed by atoms with Gasteiger partial charge in [-0.1, -0.05) is 6.42 Å². The van der Waals surface area contributed by atoms with Crippen molar-refractivity contribution in [3.05, 3.63) is 0 Å². The van der Waals surface area contributed by atoms with E-state index >= 15 is 0 Å². The monoisotopic (exact) mass is 268 g/mol. The zero-order chi connectivity index (χ0) is 13.8. The standard InChI is InChI=1S/C15H28N2O2/c1-11(13-4-3-5-13)17-9-12(8-14(16)10-17)6-7-15(18)19-2/h11-14H,3-10,16H2,1-2H3. The lowest BCUT2D eigenvalue weighted by atomic mass is 9.78. The Bertz CT molecular complexity index is 305. The average Bonchev–Trinajstić information content (AvgIpc) is 2.33. The second-order valence-corrected chi connectivity index (χ2v) is 6.36. The molecule has 0 amide bonds. The van der Waals surface area contributed by atoms with Crippen molar-refractivity contribution in [1.29, 1.82) is 0 Å². The molecule has 1 saturated carbocycles. The summed E-state index contributed by atoms with van der Waals surface area (Å²) >= 11 is 0. The van der Waals surface area contributed by atoms with Gasteiger partial charge >= 0.3 is 5.97 Å². The fraction of sp³-hybridized carbons (Fsp3) is 0.933. The van der Waals surface area contributed by atoms with Crippen molar-refractivity contribution in [2.24, 2.45) is 17.6 Å². The lowest BCUT2D eigenvalue weighted by Gasteiger charge is -2.44. The largest absolute Gasteiger partial charge is 0.469 e. The molecular weight excluding hydrogens is 240 g/mol. The summed E-state index contributed by atoms with van der Waals surface area (Å²) in [5, 5.41) is 0. The first-order valence-electron chi connectivity index (χ1n) is 7.66. The highest BCUT2D eigenvalue weighted by atomic mass is 16.5. The van der Waals surface area contributed by atoms with Gasteiger partial charge in [-0.2, -0.15) is 0 Å². The Morgan fingerprint density at radius 1 is 1.42 bits per heavy atom. The number of hydrogen-bond acceptors (Lipinski definition) is 4. The van der Waals surface area contributed by atoms with E-state index in [0.29, 0.717) is 18.4 Å². The number of nitrogens with two attached hydrogens (primary N) is 1. The van der Waals surface area contributed by atoms with Crippen LogP contribution in [0.15, 0.2) is 0 Å². The van der Waals surface area contributed by atoms with Crippen LogP contribution < -0.4 is 5.73 Å². The van der Waals surface area contributed by atoms with E-state index in [2.05, 4.69) is 11.8 Å². The number of ether oxygens (including phenoxy) is 1. The second kappa shape index (κ2) is 6.71. The van der Waals surface area contributed by atoms with Gasteiger partial charge in [0.15, 0.2) is 0 Å². The molecule has 0 radical (unpaired) electrons. The third kappa shape index (κ3) is 3.93. The molecule has 3 unspecified atom stereocenters. The number of rotatable bonds is 5. The van der Waals surface area contributed by atoms with Crippen molar-refractivity contribution in [1.82, 2.24) is 4.90 Å². The zero-order valence-electron chi connectivity index (χ0n) is 12.3. The lowest BCUT2D eigenvalue weighted by Crippen LogP contribution is -2.53. The van der Waals surface area contributed by atoms with Crippen molar-refractivity contribution < 1.29 is 9.53 Å². The predicted octanol–water partition coefficient (Wildman–Crippen LogP) is 1.78. The Balaban J connectivity index is 1.82. The van der Waals surface area contributed by atoms with Gasteiger partial charge in [-0.3, -0.25) is 9.69 Å². The summed E-state index contributed by atoms with van der Waals surface area (Å²) in [5.41, 5.74) is 6.19. The summed E-state index contributed by atoms with van der Waals surface area (Å²) in [6, 6.07) is 0.916. The molecular formula is C15H28N2O2. The van der Waals surface area contributed by atoms with Gasteiger partial charge < -0.3 is 10.5 Å². The van der Waals surface area contributed by atoms with Crippen LogP contribution in [0.1, 0.15) is 45.4 Å². The maximum atomic E-state index is 11.2. The van der Waals surface area contributed by atoms with Gasteiger partial charge in [-0.05, 0) is 44.4 Å². The molecule has 0 aromatic heterocycles. The van der Waals surface area contributed by atoms with Crippen LogP contribution in [-0.4, -0.2) is 43.2 Å². The van der Waals surface area contributed by atoms with Crippen LogP contribution in [0, 0.1) is 11.8 Å². The predicted molar refractivity (Wildman–Crippen MR) is 75.7 cm³/mol. The number of likely N-dealkylation sites (tertiary alicyclic amines) is 1. The van der Waals surface area contributed by atoms with E-state index in [1.165, 1.54) is 26.4 Å². The van der Waals surface area contributed by atoms with Gasteiger partial charge in [-0.25, -0.2) is 0 Å². The van der Waals surface area contributed by atoms with E-state index < -0.39 is 0 Å². The van der Waals surface area contributed by atoms with Gasteiger partial charge in [0.25, 0.3) is 0 Å². The van der Waals surface area contributed by atoms with E-state index in [1.807, 2.05) is 0 Å². The minimum absolute atomic E-state index is 0.0993. The molecule has 1 aliphatic carbocycles. The smallest absolute Gasteiger partial charge is 0.305 e. The average molecular weight is 268 g/mol. The summed E-state index contributed by atoms with van der Waals surface area (Å²) < 4.78 is 4.72. The van der Waals surface area contributed by atoms with Crippen molar-refractivity contribution in [2.45, 2.75) is 57.5 Å². The molecule has 0 aromatic carbocycles. The lowest BCUT2D eigenvalue weighted by molar-refractivity contribution is -0.141. The Kier molecular flexibility index (Phi) is 5.22. The van der Waals surface area contributed by atoms with Crippen LogP contribution in [0.3, 0.4) is 0 Å². The van der Waals surface area contributed by atoms with Crippen LogP contribution in [0.4, 0.5) is 0 Å². The van der Waals surface area contributed by atoms with Crippen LogP contribution in [0.25, 0.3) is 0 Å². The summed E-state index contributed by atoms with van der Waals surface area (Å²) in [5.74, 6) is 1.31. The summed E-state index contributed by atoms with van der Waals surface area (Å²) in [6.07, 6.45) is 6.62. The Morgan fingerprint density at radius 3 is 2.74 bits per heavy atom. The maximum absolute atomic E-state index is 11.2. The van der Waals surface area contributed by atoms with Crippen molar-refractivity contribution in [3.8, 4) is 0 Å². The molecule has 4 heteroatoms. The highest BCUT2D eigenvalue weighted by Crippen LogP contribution is 2.34. The molecule has 1 aliphatic heterocycles. The molecule has 2 N–H and O–H groups in total. The normalized spacial score (nSPS) is 30.7. The third-order valence-corrected chi connectivity index (χ3v) is 4.99. The van der Waals surface area contributed by atoms with Crippen molar-refractivity contribution >= 4 is 5.97 Å². The number of carbonyl (C=O) groups excluding carboxylic acids is 1. The molecule has 1 saturated heterocycles. The van der Waals surface area contributed by atoms with E-state index in [-0.39, 0.29) is 12.0 Å². The maximum Gasteiger partial charge on any atom is 0.305 e. The number of nitrogens with zero attached hydrogens (tertiary/aromatic N) is 1. The number of esters is 1. The first kappa shape index (κ1) is 14.8. The highest BCUT2D eigenvalue weighted by Gasteiger charge is 2.33. The molecule has 110 valence electrons. The molecule has 4 nitrogen and oxygen atoms in total. The van der Waals surface area contributed by atoms with Crippen LogP contribution in [0.2, 0.25) is 0 Å². The van der Waals surface area contributed by atoms with E-state index in [4.69, 9.17) is 10.5 Å². The SMILES string of the molecule is COC(=O)CCC1CC(N)CN(C(C)C2CCC2)C1. The van der Waals surface area contributed by atoms with Gasteiger partial charge in [0.2, 0.25) is 0 Å². The minimum Gasteiger partial charge on any atom is -0.469 e. The molecule has 2 aliphatic rings. The minimum atomic E-state index is -0.0993. The first-order chi connectivity index (χ1) is 9.10. The number of hydrogen-bond donors (Lipinski definition) is 1. The van der Waals surface area contributed by atoms with Gasteiger partial charge in [0, 0.05) is 31.6 Å². The van der Waals surface area contributed by atoms with E-state index in [0.717, 1.165) is 31.8 Å². The molecule has 2 rings (SSSR count). The molecule has 0 bridgehead atoms. The molecule has 3 atom stereocenters. The van der Waals surface area contributed by atoms with E-state index in [9.17, 15) is 4.79 Å². The third-order valence-electron chi connectivity index (χ3n) is 4.99. The topological polar surface area (TPSA) is 55.6 Å². The fourth-order valence-electron chi connectivity index (χ4n) is 3.47. The van der Waals surface area contributed by atoms with Gasteiger partial charge in [0.1, 0.15) is 0 Å². The van der Waals surface area contributed by atoms with E-state index in [1.54, 1.807) is 0 Å².